The minimum absolute atomic E-state index is 0.00525. The summed E-state index contributed by atoms with van der Waals surface area (Å²) in [6, 6.07) is 3.06. The van der Waals surface area contributed by atoms with E-state index in [1.165, 1.54) is 30.8 Å². The first-order valence-electron chi connectivity index (χ1n) is 11.7. The summed E-state index contributed by atoms with van der Waals surface area (Å²) >= 11 is 13.0. The summed E-state index contributed by atoms with van der Waals surface area (Å²) in [6.07, 6.45) is -0.788. The number of ether oxygens (including phenoxy) is 3. The summed E-state index contributed by atoms with van der Waals surface area (Å²) in [6.45, 7) is 3.75. The summed E-state index contributed by atoms with van der Waals surface area (Å²) in [5.41, 5.74) is -0.932. The summed E-state index contributed by atoms with van der Waals surface area (Å²) in [5.74, 6) is -7.01. The monoisotopic (exact) mass is 621 g/mol. The highest BCUT2D eigenvalue weighted by molar-refractivity contribution is 7.99. The molecule has 214 valence electrons. The van der Waals surface area contributed by atoms with Crippen molar-refractivity contribution in [3.63, 3.8) is 0 Å². The van der Waals surface area contributed by atoms with E-state index in [4.69, 9.17) is 37.4 Å². The molecule has 2 heterocycles. The van der Waals surface area contributed by atoms with Crippen LogP contribution in [0.4, 0.5) is 17.6 Å². The molecule has 5 atom stereocenters. The van der Waals surface area contributed by atoms with Crippen molar-refractivity contribution in [3.8, 4) is 11.3 Å². The molecule has 15 heteroatoms. The van der Waals surface area contributed by atoms with Crippen LogP contribution in [-0.2, 0) is 23.8 Å². The van der Waals surface area contributed by atoms with Crippen molar-refractivity contribution in [1.29, 1.82) is 0 Å². The lowest BCUT2D eigenvalue weighted by Crippen LogP contribution is -2.53. The number of nitrogens with zero attached hydrogens (tertiary/aromatic N) is 3. The molecule has 0 amide bonds. The lowest BCUT2D eigenvalue weighted by atomic mass is 9.90. The first kappa shape index (κ1) is 30.1. The Morgan fingerprint density at radius 1 is 1.02 bits per heavy atom. The van der Waals surface area contributed by atoms with E-state index in [0.29, 0.717) is 0 Å². The quantitative estimate of drug-likeness (QED) is 0.137. The standard InChI is InChI=1S/C25H21Cl2F4N3O5S/c1-10-23(34-8-19(32-33-34)13-4-17(29)22(31)18(30)5-13)24(38-12(3)36)20(9-37-11(2)35)39-25(10)40-21-7-15(27)14(26)6-16(21)28/h4-8,10,20,23-25H,9H2,1-3H3/t10?,20?,23-,24+,25-/m1/s1. The van der Waals surface area contributed by atoms with Crippen LogP contribution in [-0.4, -0.2) is 51.2 Å². The minimum Gasteiger partial charge on any atom is -0.463 e. The average molecular weight is 622 g/mol. The molecule has 0 N–H and O–H groups in total. The molecular formula is C25H21Cl2F4N3O5S. The molecule has 2 aromatic carbocycles. The Labute approximate surface area is 239 Å². The third-order valence-corrected chi connectivity index (χ3v) is 8.11. The second-order valence-electron chi connectivity index (χ2n) is 8.92. The highest BCUT2D eigenvalue weighted by Crippen LogP contribution is 2.44. The number of thioether (sulfide) groups is 1. The second-order valence-corrected chi connectivity index (χ2v) is 10.9. The van der Waals surface area contributed by atoms with Gasteiger partial charge in [0, 0.05) is 30.2 Å². The zero-order valence-electron chi connectivity index (χ0n) is 21.0. The summed E-state index contributed by atoms with van der Waals surface area (Å²) < 4.78 is 74.1. The fraction of sp³-hybridized carbons (Fsp3) is 0.360. The maximum Gasteiger partial charge on any atom is 0.303 e. The molecule has 1 saturated heterocycles. The fourth-order valence-corrected chi connectivity index (χ4v) is 5.79. The van der Waals surface area contributed by atoms with Crippen molar-refractivity contribution in [2.75, 3.05) is 6.61 Å². The van der Waals surface area contributed by atoms with Gasteiger partial charge in [-0.3, -0.25) is 9.59 Å². The molecular weight excluding hydrogens is 601 g/mol. The molecule has 1 aliphatic rings. The van der Waals surface area contributed by atoms with Gasteiger partial charge >= 0.3 is 11.9 Å². The van der Waals surface area contributed by atoms with E-state index in [1.807, 2.05) is 0 Å². The summed E-state index contributed by atoms with van der Waals surface area (Å²) in [4.78, 5) is 23.8. The molecule has 0 radical (unpaired) electrons. The van der Waals surface area contributed by atoms with Crippen molar-refractivity contribution in [2.45, 2.75) is 49.4 Å². The van der Waals surface area contributed by atoms with E-state index >= 15 is 0 Å². The van der Waals surface area contributed by atoms with Crippen molar-refractivity contribution < 1.29 is 41.4 Å². The fourth-order valence-electron chi connectivity index (χ4n) is 4.23. The molecule has 3 aromatic rings. The van der Waals surface area contributed by atoms with Crippen LogP contribution in [0.1, 0.15) is 26.8 Å². The van der Waals surface area contributed by atoms with Gasteiger partial charge in [0.2, 0.25) is 0 Å². The van der Waals surface area contributed by atoms with Crippen LogP contribution >= 0.6 is 35.0 Å². The van der Waals surface area contributed by atoms with Crippen molar-refractivity contribution in [3.05, 3.63) is 63.8 Å². The SMILES string of the molecule is CC(=O)OCC1O[C@H](Sc2cc(Cl)c(Cl)cc2F)C(C)[C@@H](n2cc(-c3cc(F)c(F)c(F)c3)nn2)[C@H]1OC(C)=O. The number of carbonyl (C=O) groups is 2. The first-order chi connectivity index (χ1) is 18.8. The zero-order chi connectivity index (χ0) is 29.3. The summed E-state index contributed by atoms with van der Waals surface area (Å²) in [5, 5.41) is 8.16. The van der Waals surface area contributed by atoms with Gasteiger partial charge in [-0.2, -0.15) is 0 Å². The van der Waals surface area contributed by atoms with Crippen molar-refractivity contribution in [2.24, 2.45) is 5.92 Å². The van der Waals surface area contributed by atoms with E-state index in [2.05, 4.69) is 10.3 Å². The van der Waals surface area contributed by atoms with Crippen molar-refractivity contribution >= 4 is 46.9 Å². The molecule has 8 nitrogen and oxygen atoms in total. The topological polar surface area (TPSA) is 92.5 Å². The van der Waals surface area contributed by atoms with Gasteiger partial charge in [0.05, 0.1) is 22.3 Å². The van der Waals surface area contributed by atoms with Gasteiger partial charge in [-0.25, -0.2) is 22.2 Å². The average Bonchev–Trinajstić information content (AvgIpc) is 3.35. The highest BCUT2D eigenvalue weighted by Gasteiger charge is 2.48. The van der Waals surface area contributed by atoms with Crippen LogP contribution in [0.5, 0.6) is 0 Å². The van der Waals surface area contributed by atoms with Gasteiger partial charge in [-0.05, 0) is 24.3 Å². The number of hydrogen-bond acceptors (Lipinski definition) is 8. The van der Waals surface area contributed by atoms with Gasteiger partial charge in [0.1, 0.15) is 29.7 Å². The van der Waals surface area contributed by atoms with Crippen molar-refractivity contribution in [1.82, 2.24) is 15.0 Å². The first-order valence-corrected chi connectivity index (χ1v) is 13.3. The molecule has 0 spiro atoms. The number of rotatable bonds is 7. The van der Waals surface area contributed by atoms with E-state index in [-0.39, 0.29) is 32.8 Å². The molecule has 1 aromatic heterocycles. The molecule has 40 heavy (non-hydrogen) atoms. The number of hydrogen-bond donors (Lipinski definition) is 0. The Hall–Kier alpha value is -2.87. The summed E-state index contributed by atoms with van der Waals surface area (Å²) in [7, 11) is 0. The minimum atomic E-state index is -1.63. The normalized spacial score (nSPS) is 22.7. The predicted molar refractivity (Wildman–Crippen MR) is 137 cm³/mol. The number of halogens is 6. The molecule has 1 fully saturated rings. The predicted octanol–water partition coefficient (Wildman–Crippen LogP) is 6.00. The van der Waals surface area contributed by atoms with Crippen LogP contribution in [0.2, 0.25) is 10.0 Å². The Kier molecular flexibility index (Phi) is 9.28. The zero-order valence-corrected chi connectivity index (χ0v) is 23.4. The molecule has 0 saturated carbocycles. The van der Waals surface area contributed by atoms with Crippen LogP contribution in [0, 0.1) is 29.2 Å². The molecule has 0 bridgehead atoms. The van der Waals surface area contributed by atoms with Crippen LogP contribution < -0.4 is 0 Å². The van der Waals surface area contributed by atoms with E-state index < -0.39 is 64.8 Å². The number of aromatic nitrogens is 3. The Bertz CT molecular complexity index is 1420. The van der Waals surface area contributed by atoms with E-state index in [0.717, 1.165) is 30.0 Å². The molecule has 1 aliphatic heterocycles. The Morgan fingerprint density at radius 2 is 1.68 bits per heavy atom. The van der Waals surface area contributed by atoms with Gasteiger partial charge in [0.25, 0.3) is 0 Å². The smallest absolute Gasteiger partial charge is 0.303 e. The maximum absolute atomic E-state index is 14.7. The number of esters is 2. The highest BCUT2D eigenvalue weighted by atomic mass is 35.5. The number of benzene rings is 2. The molecule has 2 unspecified atom stereocenters. The third-order valence-electron chi connectivity index (χ3n) is 6.05. The lowest BCUT2D eigenvalue weighted by Gasteiger charge is -2.44. The molecule has 4 rings (SSSR count). The Balaban J connectivity index is 1.75. The number of carbonyl (C=O) groups excluding carboxylic acids is 2. The lowest BCUT2D eigenvalue weighted by molar-refractivity contribution is -0.191. The van der Waals surface area contributed by atoms with Gasteiger partial charge in [-0.1, -0.05) is 47.1 Å². The van der Waals surface area contributed by atoms with E-state index in [1.54, 1.807) is 6.92 Å². The molecule has 0 aliphatic carbocycles. The van der Waals surface area contributed by atoms with Gasteiger partial charge in [-0.15, -0.1) is 5.10 Å². The van der Waals surface area contributed by atoms with Crippen LogP contribution in [0.25, 0.3) is 11.3 Å². The second kappa shape index (κ2) is 12.3. The maximum atomic E-state index is 14.7. The largest absolute Gasteiger partial charge is 0.463 e. The van der Waals surface area contributed by atoms with Gasteiger partial charge < -0.3 is 14.2 Å². The van der Waals surface area contributed by atoms with E-state index in [9.17, 15) is 27.2 Å². The van der Waals surface area contributed by atoms with Crippen LogP contribution in [0.3, 0.4) is 0 Å². The van der Waals surface area contributed by atoms with Crippen LogP contribution in [0.15, 0.2) is 35.4 Å². The third kappa shape index (κ3) is 6.54. The Morgan fingerprint density at radius 3 is 2.30 bits per heavy atom. The van der Waals surface area contributed by atoms with Gasteiger partial charge in [0.15, 0.2) is 23.6 Å².